The SMILES string of the molecule is c1cncc(C2CN(c3cccnc3-c3ccc(OCc4ccc5c(n4)NCCC5)cc3)CCO2)c1. The maximum absolute atomic E-state index is 6.04. The average Bonchev–Trinajstić information content (AvgIpc) is 2.97. The largest absolute Gasteiger partial charge is 0.487 e. The second kappa shape index (κ2) is 10.3. The number of fused-ring (bicyclic) bond motifs is 1. The van der Waals surface area contributed by atoms with Gasteiger partial charge in [0.25, 0.3) is 0 Å². The Kier molecular flexibility index (Phi) is 6.46. The molecule has 2 aliphatic rings. The summed E-state index contributed by atoms with van der Waals surface area (Å²) in [5.74, 6) is 1.81. The van der Waals surface area contributed by atoms with Gasteiger partial charge in [-0.3, -0.25) is 9.97 Å². The zero-order valence-corrected chi connectivity index (χ0v) is 20.1. The molecule has 0 saturated carbocycles. The van der Waals surface area contributed by atoms with Gasteiger partial charge in [0, 0.05) is 49.4 Å². The van der Waals surface area contributed by atoms with Gasteiger partial charge in [-0.2, -0.15) is 0 Å². The molecule has 1 fully saturated rings. The highest BCUT2D eigenvalue weighted by Crippen LogP contribution is 2.33. The number of aryl methyl sites for hydroxylation is 1. The molecule has 1 unspecified atom stereocenters. The van der Waals surface area contributed by atoms with Crippen LogP contribution in [0.1, 0.15) is 29.3 Å². The lowest BCUT2D eigenvalue weighted by Crippen LogP contribution is -2.38. The number of ether oxygens (including phenoxy) is 2. The van der Waals surface area contributed by atoms with E-state index in [-0.39, 0.29) is 6.10 Å². The van der Waals surface area contributed by atoms with Gasteiger partial charge in [0.15, 0.2) is 0 Å². The van der Waals surface area contributed by atoms with E-state index in [1.165, 1.54) is 5.56 Å². The van der Waals surface area contributed by atoms with Crippen molar-refractivity contribution in [2.45, 2.75) is 25.6 Å². The van der Waals surface area contributed by atoms with Crippen molar-refractivity contribution in [3.63, 3.8) is 0 Å². The van der Waals surface area contributed by atoms with Crippen molar-refractivity contribution in [1.29, 1.82) is 0 Å². The third kappa shape index (κ3) is 4.88. The van der Waals surface area contributed by atoms with E-state index in [0.717, 1.165) is 72.2 Å². The summed E-state index contributed by atoms with van der Waals surface area (Å²) in [7, 11) is 0. The molecule has 5 heterocycles. The van der Waals surface area contributed by atoms with Gasteiger partial charge in [-0.05, 0) is 66.9 Å². The van der Waals surface area contributed by atoms with Gasteiger partial charge < -0.3 is 19.7 Å². The second-order valence-electron chi connectivity index (χ2n) is 9.12. The number of hydrogen-bond acceptors (Lipinski definition) is 7. The van der Waals surface area contributed by atoms with Gasteiger partial charge in [-0.25, -0.2) is 4.98 Å². The van der Waals surface area contributed by atoms with E-state index in [9.17, 15) is 0 Å². The molecule has 7 heteroatoms. The number of rotatable bonds is 6. The van der Waals surface area contributed by atoms with Gasteiger partial charge in [-0.15, -0.1) is 0 Å². The maximum Gasteiger partial charge on any atom is 0.130 e. The van der Waals surface area contributed by atoms with Crippen molar-refractivity contribution in [2.75, 3.05) is 36.5 Å². The van der Waals surface area contributed by atoms with Gasteiger partial charge >= 0.3 is 0 Å². The van der Waals surface area contributed by atoms with Crippen molar-refractivity contribution in [2.24, 2.45) is 0 Å². The standard InChI is InChI=1S/C29H29N5O2/c1-5-23(18-30-13-1)27-19-34(16-17-35-27)26-6-3-14-31-28(26)21-8-11-25(12-9-21)36-20-24-10-7-22-4-2-15-32-29(22)33-24/h1,3,5-14,18,27H,2,4,15-17,19-20H2,(H,32,33). The lowest BCUT2D eigenvalue weighted by Gasteiger charge is -2.35. The summed E-state index contributed by atoms with van der Waals surface area (Å²) in [6.07, 6.45) is 7.75. The molecular formula is C29H29N5O2. The zero-order valence-electron chi connectivity index (χ0n) is 20.1. The van der Waals surface area contributed by atoms with E-state index >= 15 is 0 Å². The number of hydrogen-bond donors (Lipinski definition) is 1. The van der Waals surface area contributed by atoms with Crippen LogP contribution in [0.5, 0.6) is 5.75 Å². The molecule has 0 aliphatic carbocycles. The Bertz CT molecular complexity index is 1310. The minimum Gasteiger partial charge on any atom is -0.487 e. The molecule has 6 rings (SSSR count). The minimum atomic E-state index is -0.0105. The third-order valence-electron chi connectivity index (χ3n) is 6.72. The predicted octanol–water partition coefficient (Wildman–Crippen LogP) is 5.05. The Hall–Kier alpha value is -3.97. The molecule has 1 aromatic carbocycles. The van der Waals surface area contributed by atoms with E-state index in [0.29, 0.717) is 13.2 Å². The van der Waals surface area contributed by atoms with Crippen LogP contribution in [0.15, 0.2) is 79.3 Å². The third-order valence-corrected chi connectivity index (χ3v) is 6.72. The van der Waals surface area contributed by atoms with E-state index in [1.807, 2.05) is 36.7 Å². The summed E-state index contributed by atoms with van der Waals surface area (Å²) >= 11 is 0. The van der Waals surface area contributed by atoms with Crippen LogP contribution >= 0.6 is 0 Å². The van der Waals surface area contributed by atoms with E-state index in [4.69, 9.17) is 19.4 Å². The van der Waals surface area contributed by atoms with Crippen molar-refractivity contribution in [1.82, 2.24) is 15.0 Å². The zero-order chi connectivity index (χ0) is 24.2. The molecule has 3 aromatic heterocycles. The summed E-state index contributed by atoms with van der Waals surface area (Å²) in [5, 5.41) is 3.38. The highest BCUT2D eigenvalue weighted by Gasteiger charge is 2.24. The lowest BCUT2D eigenvalue weighted by molar-refractivity contribution is 0.0396. The molecule has 2 aliphatic heterocycles. The smallest absolute Gasteiger partial charge is 0.130 e. The monoisotopic (exact) mass is 479 g/mol. The second-order valence-corrected chi connectivity index (χ2v) is 9.12. The maximum atomic E-state index is 6.04. The Balaban J connectivity index is 1.16. The van der Waals surface area contributed by atoms with Crippen LogP contribution in [0.25, 0.3) is 11.3 Å². The lowest BCUT2D eigenvalue weighted by atomic mass is 10.1. The molecule has 7 nitrogen and oxygen atoms in total. The topological polar surface area (TPSA) is 72.4 Å². The molecule has 0 bridgehead atoms. The normalized spacial score (nSPS) is 17.2. The molecule has 0 spiro atoms. The van der Waals surface area contributed by atoms with Crippen LogP contribution < -0.4 is 15.0 Å². The van der Waals surface area contributed by atoms with Crippen LogP contribution in [0, 0.1) is 0 Å². The van der Waals surface area contributed by atoms with Crippen LogP contribution in [0.4, 0.5) is 11.5 Å². The van der Waals surface area contributed by atoms with Crippen molar-refractivity contribution in [3.8, 4) is 17.0 Å². The molecule has 182 valence electrons. The first kappa shape index (κ1) is 22.5. The van der Waals surface area contributed by atoms with E-state index in [1.54, 1.807) is 6.20 Å². The summed E-state index contributed by atoms with van der Waals surface area (Å²) in [6.45, 7) is 3.66. The Morgan fingerprint density at radius 3 is 2.83 bits per heavy atom. The minimum absolute atomic E-state index is 0.0105. The van der Waals surface area contributed by atoms with Crippen molar-refractivity contribution < 1.29 is 9.47 Å². The first-order valence-electron chi connectivity index (χ1n) is 12.5. The Morgan fingerprint density at radius 2 is 1.94 bits per heavy atom. The van der Waals surface area contributed by atoms with Crippen LogP contribution in [0.2, 0.25) is 0 Å². The highest BCUT2D eigenvalue weighted by atomic mass is 16.5. The van der Waals surface area contributed by atoms with Gasteiger partial charge in [-0.1, -0.05) is 12.1 Å². The average molecular weight is 480 g/mol. The molecule has 1 atom stereocenters. The molecule has 0 amide bonds. The molecule has 1 N–H and O–H groups in total. The number of benzene rings is 1. The summed E-state index contributed by atoms with van der Waals surface area (Å²) in [4.78, 5) is 16.1. The number of nitrogens with one attached hydrogen (secondary N) is 1. The van der Waals surface area contributed by atoms with Gasteiger partial charge in [0.2, 0.25) is 0 Å². The van der Waals surface area contributed by atoms with Crippen LogP contribution in [-0.4, -0.2) is 41.2 Å². The fourth-order valence-corrected chi connectivity index (χ4v) is 4.83. The summed E-state index contributed by atoms with van der Waals surface area (Å²) in [5.41, 5.74) is 6.42. The molecule has 1 saturated heterocycles. The van der Waals surface area contributed by atoms with Crippen molar-refractivity contribution in [3.05, 3.63) is 96.1 Å². The van der Waals surface area contributed by atoms with Crippen LogP contribution in [-0.2, 0) is 17.8 Å². The predicted molar refractivity (Wildman–Crippen MR) is 140 cm³/mol. The molecule has 0 radical (unpaired) electrons. The fourth-order valence-electron chi connectivity index (χ4n) is 4.83. The Morgan fingerprint density at radius 1 is 1.03 bits per heavy atom. The van der Waals surface area contributed by atoms with Crippen molar-refractivity contribution >= 4 is 11.5 Å². The number of anilines is 2. The van der Waals surface area contributed by atoms with E-state index < -0.39 is 0 Å². The highest BCUT2D eigenvalue weighted by molar-refractivity contribution is 5.75. The first-order chi connectivity index (χ1) is 17.8. The van der Waals surface area contributed by atoms with Crippen LogP contribution in [0.3, 0.4) is 0 Å². The number of aromatic nitrogens is 3. The van der Waals surface area contributed by atoms with E-state index in [2.05, 4.69) is 51.6 Å². The quantitative estimate of drug-likeness (QED) is 0.415. The Labute approximate surface area is 211 Å². The fraction of sp³-hybridized carbons (Fsp3) is 0.276. The first-order valence-corrected chi connectivity index (χ1v) is 12.5. The summed E-state index contributed by atoms with van der Waals surface area (Å²) < 4.78 is 12.1. The molecular weight excluding hydrogens is 450 g/mol. The summed E-state index contributed by atoms with van der Waals surface area (Å²) in [6, 6.07) is 20.5. The number of pyridine rings is 3. The number of nitrogens with zero attached hydrogens (tertiary/aromatic N) is 4. The molecule has 4 aromatic rings. The molecule has 36 heavy (non-hydrogen) atoms. The van der Waals surface area contributed by atoms with Gasteiger partial charge in [0.05, 0.1) is 23.7 Å². The van der Waals surface area contributed by atoms with Gasteiger partial charge in [0.1, 0.15) is 24.3 Å². The number of morpholine rings is 1.